The number of likely N-dealkylation sites (N-methyl/N-ethyl adjacent to an activating group) is 1. The monoisotopic (exact) mass is 480 g/mol. The van der Waals surface area contributed by atoms with Gasteiger partial charge in [0.15, 0.2) is 0 Å². The van der Waals surface area contributed by atoms with E-state index < -0.39 is 11.5 Å². The lowest BCUT2D eigenvalue weighted by atomic mass is 9.85. The summed E-state index contributed by atoms with van der Waals surface area (Å²) in [5.41, 5.74) is 2.69. The molecular weight excluding hydrogens is 444 g/mol. The number of anilines is 2. The van der Waals surface area contributed by atoms with Crippen LogP contribution in [0.1, 0.15) is 36.2 Å². The molecule has 8 nitrogen and oxygen atoms in total. The van der Waals surface area contributed by atoms with Crippen LogP contribution in [0, 0.1) is 0 Å². The molecule has 2 aromatic carbocycles. The number of β-amino-alcohol motifs (C(OH)–C–C–N with tert-alkyl or cyclic N) is 1. The van der Waals surface area contributed by atoms with Crippen molar-refractivity contribution in [2.75, 3.05) is 63.2 Å². The number of carbonyl (C=O) groups is 2. The second kappa shape index (κ2) is 10.3. The SMILES string of the molecule is COc1ccccc1N1CCN(CC(O)CCNC(=O)c2ccc3c(c2)C(C)(C)C(=O)N3C)CC1. The maximum atomic E-state index is 12.7. The van der Waals surface area contributed by atoms with E-state index in [0.29, 0.717) is 25.1 Å². The van der Waals surface area contributed by atoms with Crippen molar-refractivity contribution in [3.05, 3.63) is 53.6 Å². The van der Waals surface area contributed by atoms with E-state index in [-0.39, 0.29) is 11.8 Å². The Labute approximate surface area is 207 Å². The molecule has 2 aliphatic heterocycles. The van der Waals surface area contributed by atoms with Gasteiger partial charge in [-0.25, -0.2) is 0 Å². The number of nitrogens with one attached hydrogen (secondary N) is 1. The van der Waals surface area contributed by atoms with Crippen LogP contribution in [0.5, 0.6) is 5.75 Å². The van der Waals surface area contributed by atoms with Gasteiger partial charge in [0.25, 0.3) is 5.91 Å². The third-order valence-electron chi connectivity index (χ3n) is 7.16. The number of ether oxygens (including phenoxy) is 1. The standard InChI is InChI=1S/C27H36N4O4/c1-27(2)21-17-19(9-10-22(21)29(3)26(27)34)25(33)28-12-11-20(32)18-30-13-15-31(16-14-30)23-7-5-6-8-24(23)35-4/h5-10,17,20,32H,11-16,18H2,1-4H3,(H,28,33). The molecule has 0 aromatic heterocycles. The van der Waals surface area contributed by atoms with Crippen molar-refractivity contribution in [1.29, 1.82) is 0 Å². The van der Waals surface area contributed by atoms with E-state index in [9.17, 15) is 14.7 Å². The molecular formula is C27H36N4O4. The zero-order valence-electron chi connectivity index (χ0n) is 21.1. The maximum absolute atomic E-state index is 12.7. The molecule has 0 saturated carbocycles. The minimum Gasteiger partial charge on any atom is -0.495 e. The molecule has 0 bridgehead atoms. The van der Waals surface area contributed by atoms with Crippen LogP contribution < -0.4 is 19.9 Å². The fourth-order valence-electron chi connectivity index (χ4n) is 5.02. The molecule has 0 spiro atoms. The van der Waals surface area contributed by atoms with Gasteiger partial charge in [0.2, 0.25) is 5.91 Å². The highest BCUT2D eigenvalue weighted by molar-refractivity contribution is 6.08. The fraction of sp³-hybridized carbons (Fsp3) is 0.481. The van der Waals surface area contributed by atoms with Crippen LogP contribution in [0.4, 0.5) is 11.4 Å². The van der Waals surface area contributed by atoms with Gasteiger partial charge in [0.05, 0.1) is 24.3 Å². The van der Waals surface area contributed by atoms with Gasteiger partial charge >= 0.3 is 0 Å². The molecule has 0 aliphatic carbocycles. The average Bonchev–Trinajstić information content (AvgIpc) is 3.04. The highest BCUT2D eigenvalue weighted by Gasteiger charge is 2.42. The Bertz CT molecular complexity index is 1080. The summed E-state index contributed by atoms with van der Waals surface area (Å²) in [5.74, 6) is 0.711. The van der Waals surface area contributed by atoms with Crippen LogP contribution in [0.15, 0.2) is 42.5 Å². The summed E-state index contributed by atoms with van der Waals surface area (Å²) >= 11 is 0. The molecule has 1 fully saturated rings. The van der Waals surface area contributed by atoms with Crippen LogP contribution in [0.25, 0.3) is 0 Å². The minimum absolute atomic E-state index is 0.0249. The number of nitrogens with zero attached hydrogens (tertiary/aromatic N) is 3. The van der Waals surface area contributed by atoms with E-state index in [1.54, 1.807) is 25.1 Å². The second-order valence-corrected chi connectivity index (χ2v) is 9.88. The molecule has 1 saturated heterocycles. The molecule has 0 radical (unpaired) electrons. The summed E-state index contributed by atoms with van der Waals surface area (Å²) in [5, 5.41) is 13.4. The molecule has 188 valence electrons. The quantitative estimate of drug-likeness (QED) is 0.603. The average molecular weight is 481 g/mol. The lowest BCUT2D eigenvalue weighted by Gasteiger charge is -2.37. The van der Waals surface area contributed by atoms with Gasteiger partial charge in [0, 0.05) is 57.6 Å². The predicted molar refractivity (Wildman–Crippen MR) is 137 cm³/mol. The van der Waals surface area contributed by atoms with Crippen molar-refractivity contribution in [1.82, 2.24) is 10.2 Å². The zero-order chi connectivity index (χ0) is 25.2. The third kappa shape index (κ3) is 5.13. The lowest BCUT2D eigenvalue weighted by Crippen LogP contribution is -2.49. The van der Waals surface area contributed by atoms with Gasteiger partial charge in [-0.1, -0.05) is 12.1 Å². The summed E-state index contributed by atoms with van der Waals surface area (Å²) in [6.07, 6.45) is -0.0332. The Morgan fingerprint density at radius 3 is 2.54 bits per heavy atom. The van der Waals surface area contributed by atoms with Gasteiger partial charge < -0.3 is 25.0 Å². The van der Waals surface area contributed by atoms with Crippen molar-refractivity contribution >= 4 is 23.2 Å². The molecule has 4 rings (SSSR count). The molecule has 2 heterocycles. The highest BCUT2D eigenvalue weighted by Crippen LogP contribution is 2.41. The third-order valence-corrected chi connectivity index (χ3v) is 7.16. The molecule has 2 N–H and O–H groups in total. The van der Waals surface area contributed by atoms with Gasteiger partial charge in [-0.2, -0.15) is 0 Å². The first-order chi connectivity index (χ1) is 16.7. The number of aliphatic hydroxyl groups excluding tert-OH is 1. The normalized spacial score (nSPS) is 18.4. The number of hydrogen-bond donors (Lipinski definition) is 2. The summed E-state index contributed by atoms with van der Waals surface area (Å²) in [4.78, 5) is 31.4. The number of para-hydroxylation sites is 2. The Morgan fingerprint density at radius 2 is 1.83 bits per heavy atom. The van der Waals surface area contributed by atoms with Crippen LogP contribution in [-0.2, 0) is 10.2 Å². The van der Waals surface area contributed by atoms with E-state index in [4.69, 9.17) is 4.74 Å². The first kappa shape index (κ1) is 25.0. The second-order valence-electron chi connectivity index (χ2n) is 9.88. The van der Waals surface area contributed by atoms with Crippen LogP contribution in [-0.4, -0.2) is 81.4 Å². The molecule has 2 aliphatic rings. The number of rotatable bonds is 8. The van der Waals surface area contributed by atoms with Crippen molar-refractivity contribution in [3.63, 3.8) is 0 Å². The molecule has 8 heteroatoms. The lowest BCUT2D eigenvalue weighted by molar-refractivity contribution is -0.121. The van der Waals surface area contributed by atoms with E-state index in [1.807, 2.05) is 44.2 Å². The van der Waals surface area contributed by atoms with Crippen LogP contribution >= 0.6 is 0 Å². The highest BCUT2D eigenvalue weighted by atomic mass is 16.5. The van der Waals surface area contributed by atoms with E-state index in [0.717, 1.165) is 48.9 Å². The van der Waals surface area contributed by atoms with Crippen molar-refractivity contribution in [3.8, 4) is 5.75 Å². The number of carbonyl (C=O) groups excluding carboxylic acids is 2. The van der Waals surface area contributed by atoms with Gasteiger partial charge in [-0.3, -0.25) is 14.5 Å². The Hall–Kier alpha value is -3.10. The van der Waals surface area contributed by atoms with Crippen molar-refractivity contribution in [2.24, 2.45) is 0 Å². The Morgan fingerprint density at radius 1 is 1.11 bits per heavy atom. The van der Waals surface area contributed by atoms with E-state index in [1.165, 1.54) is 0 Å². The smallest absolute Gasteiger partial charge is 0.251 e. The van der Waals surface area contributed by atoms with Crippen LogP contribution in [0.2, 0.25) is 0 Å². The largest absolute Gasteiger partial charge is 0.495 e. The summed E-state index contributed by atoms with van der Waals surface area (Å²) in [6, 6.07) is 13.4. The predicted octanol–water partition coefficient (Wildman–Crippen LogP) is 2.25. The number of benzene rings is 2. The zero-order valence-corrected chi connectivity index (χ0v) is 21.1. The van der Waals surface area contributed by atoms with Gasteiger partial charge in [-0.15, -0.1) is 0 Å². The van der Waals surface area contributed by atoms with Crippen LogP contribution in [0.3, 0.4) is 0 Å². The molecule has 2 aromatic rings. The molecule has 2 amide bonds. The number of fused-ring (bicyclic) bond motifs is 1. The number of amides is 2. The van der Waals surface area contributed by atoms with Gasteiger partial charge in [0.1, 0.15) is 5.75 Å². The topological polar surface area (TPSA) is 85.3 Å². The first-order valence-electron chi connectivity index (χ1n) is 12.2. The number of methoxy groups -OCH3 is 1. The number of hydrogen-bond acceptors (Lipinski definition) is 6. The summed E-state index contributed by atoms with van der Waals surface area (Å²) in [7, 11) is 3.45. The molecule has 35 heavy (non-hydrogen) atoms. The van der Waals surface area contributed by atoms with Gasteiger partial charge in [-0.05, 0) is 56.2 Å². The summed E-state index contributed by atoms with van der Waals surface area (Å²) in [6.45, 7) is 8.20. The molecule has 1 atom stereocenters. The van der Waals surface area contributed by atoms with Crippen molar-refractivity contribution < 1.29 is 19.4 Å². The van der Waals surface area contributed by atoms with Crippen molar-refractivity contribution in [2.45, 2.75) is 31.8 Å². The Balaban J connectivity index is 1.23. The Kier molecular flexibility index (Phi) is 7.33. The summed E-state index contributed by atoms with van der Waals surface area (Å²) < 4.78 is 5.48. The molecule has 1 unspecified atom stereocenters. The maximum Gasteiger partial charge on any atom is 0.251 e. The van der Waals surface area contributed by atoms with E-state index >= 15 is 0 Å². The first-order valence-corrected chi connectivity index (χ1v) is 12.2. The van der Waals surface area contributed by atoms with E-state index in [2.05, 4.69) is 21.2 Å². The fourth-order valence-corrected chi connectivity index (χ4v) is 5.02. The number of aliphatic hydroxyl groups is 1. The minimum atomic E-state index is -0.647. The number of piperazine rings is 1.